The first-order chi connectivity index (χ1) is 5.09. The maximum Gasteiger partial charge on any atom is 0.327 e. The highest BCUT2D eigenvalue weighted by Crippen LogP contribution is 2.09. The van der Waals surface area contributed by atoms with Crippen LogP contribution in [0.3, 0.4) is 0 Å². The summed E-state index contributed by atoms with van der Waals surface area (Å²) in [6, 6.07) is 0. The first-order valence-corrected chi connectivity index (χ1v) is 3.05. The van der Waals surface area contributed by atoms with Gasteiger partial charge in [-0.05, 0) is 6.92 Å². The van der Waals surface area contributed by atoms with Crippen molar-refractivity contribution >= 4 is 11.8 Å². The van der Waals surface area contributed by atoms with Crippen LogP contribution in [-0.2, 0) is 9.53 Å². The molecule has 0 aromatic heterocycles. The summed E-state index contributed by atoms with van der Waals surface area (Å²) in [6.07, 6.45) is 0. The van der Waals surface area contributed by atoms with E-state index in [2.05, 4.69) is 9.84 Å². The molecule has 0 spiro atoms. The molecule has 0 saturated heterocycles. The first-order valence-electron chi connectivity index (χ1n) is 3.05. The molecule has 11 heavy (non-hydrogen) atoms. The summed E-state index contributed by atoms with van der Waals surface area (Å²) in [5.41, 5.74) is 1.87. The van der Waals surface area contributed by atoms with E-state index >= 15 is 0 Å². The number of carbonyl (C=O) groups excluding carboxylic acids is 1. The monoisotopic (exact) mass is 160 g/mol. The van der Waals surface area contributed by atoms with Gasteiger partial charge in [0, 0.05) is 0 Å². The molecule has 1 aliphatic heterocycles. The molecule has 0 aliphatic carbocycles. The highest BCUT2D eigenvalue weighted by atomic mass is 16.6. The SMILES string of the molecule is CCOC1=NNC(=O)C1(O)O. The fourth-order valence-corrected chi connectivity index (χ4v) is 0.624. The average molecular weight is 160 g/mol. The smallest absolute Gasteiger partial charge is 0.327 e. The Hall–Kier alpha value is -1.14. The number of rotatable bonds is 1. The van der Waals surface area contributed by atoms with Crippen molar-refractivity contribution in [3.63, 3.8) is 0 Å². The lowest BCUT2D eigenvalue weighted by molar-refractivity contribution is -0.161. The minimum absolute atomic E-state index is 0.219. The van der Waals surface area contributed by atoms with Crippen LogP contribution in [0.25, 0.3) is 0 Å². The van der Waals surface area contributed by atoms with Crippen molar-refractivity contribution in [3.05, 3.63) is 0 Å². The average Bonchev–Trinajstić information content (AvgIpc) is 2.16. The van der Waals surface area contributed by atoms with Gasteiger partial charge in [-0.15, -0.1) is 5.10 Å². The summed E-state index contributed by atoms with van der Waals surface area (Å²) in [5.74, 6) is -4.01. The third-order valence-electron chi connectivity index (χ3n) is 1.15. The predicted molar refractivity (Wildman–Crippen MR) is 34.4 cm³/mol. The number of hydrazone groups is 1. The molecule has 0 bridgehead atoms. The summed E-state index contributed by atoms with van der Waals surface area (Å²) in [4.78, 5) is 10.6. The lowest BCUT2D eigenvalue weighted by Crippen LogP contribution is -2.46. The van der Waals surface area contributed by atoms with Crippen LogP contribution in [0.15, 0.2) is 5.10 Å². The molecule has 6 heteroatoms. The highest BCUT2D eigenvalue weighted by molar-refractivity contribution is 6.09. The third kappa shape index (κ3) is 1.17. The Bertz CT molecular complexity index is 211. The largest absolute Gasteiger partial charge is 0.476 e. The molecule has 0 aromatic rings. The van der Waals surface area contributed by atoms with Gasteiger partial charge in [-0.1, -0.05) is 0 Å². The summed E-state index contributed by atoms with van der Waals surface area (Å²) in [7, 11) is 0. The van der Waals surface area contributed by atoms with E-state index in [0.29, 0.717) is 0 Å². The normalized spacial score (nSPS) is 21.0. The van der Waals surface area contributed by atoms with E-state index in [4.69, 9.17) is 10.2 Å². The van der Waals surface area contributed by atoms with Gasteiger partial charge in [0.05, 0.1) is 6.61 Å². The standard InChI is InChI=1S/C5H8N2O4/c1-2-11-4-5(9,10)3(8)6-7-4/h9-10H,2H2,1H3,(H,6,8). The molecule has 1 amide bonds. The Kier molecular flexibility index (Phi) is 1.79. The van der Waals surface area contributed by atoms with Crippen molar-refractivity contribution in [1.29, 1.82) is 0 Å². The Balaban J connectivity index is 2.75. The number of hydrogen-bond acceptors (Lipinski definition) is 5. The van der Waals surface area contributed by atoms with E-state index in [1.165, 1.54) is 0 Å². The summed E-state index contributed by atoms with van der Waals surface area (Å²) >= 11 is 0. The summed E-state index contributed by atoms with van der Waals surface area (Å²) < 4.78 is 4.66. The Morgan fingerprint density at radius 3 is 2.73 bits per heavy atom. The van der Waals surface area contributed by atoms with Crippen molar-refractivity contribution in [2.75, 3.05) is 6.61 Å². The van der Waals surface area contributed by atoms with Crippen molar-refractivity contribution in [2.24, 2.45) is 5.10 Å². The summed E-state index contributed by atoms with van der Waals surface area (Å²) in [6.45, 7) is 1.86. The van der Waals surface area contributed by atoms with Gasteiger partial charge in [0.1, 0.15) is 0 Å². The molecular formula is C5H8N2O4. The number of carbonyl (C=O) groups is 1. The van der Waals surface area contributed by atoms with Gasteiger partial charge >= 0.3 is 11.7 Å². The quantitative estimate of drug-likeness (QED) is 0.392. The van der Waals surface area contributed by atoms with Gasteiger partial charge < -0.3 is 14.9 Å². The molecule has 1 aliphatic rings. The molecule has 6 nitrogen and oxygen atoms in total. The van der Waals surface area contributed by atoms with Crippen LogP contribution in [0.5, 0.6) is 0 Å². The Labute approximate surface area is 62.5 Å². The van der Waals surface area contributed by atoms with Crippen LogP contribution in [0.1, 0.15) is 6.92 Å². The van der Waals surface area contributed by atoms with E-state index in [1.54, 1.807) is 6.92 Å². The molecule has 0 fully saturated rings. The molecule has 3 N–H and O–H groups in total. The van der Waals surface area contributed by atoms with Crippen molar-refractivity contribution in [2.45, 2.75) is 12.7 Å². The van der Waals surface area contributed by atoms with Crippen LogP contribution in [-0.4, -0.2) is 34.4 Å². The van der Waals surface area contributed by atoms with Crippen molar-refractivity contribution < 1.29 is 19.7 Å². The number of hydrogen-bond donors (Lipinski definition) is 3. The first kappa shape index (κ1) is 7.96. The zero-order chi connectivity index (χ0) is 8.48. The minimum atomic E-state index is -2.60. The van der Waals surface area contributed by atoms with Crippen molar-refractivity contribution in [3.8, 4) is 0 Å². The highest BCUT2D eigenvalue weighted by Gasteiger charge is 2.46. The van der Waals surface area contributed by atoms with Crippen LogP contribution in [0.4, 0.5) is 0 Å². The number of aliphatic hydroxyl groups is 2. The van der Waals surface area contributed by atoms with Gasteiger partial charge in [-0.25, -0.2) is 5.43 Å². The Morgan fingerprint density at radius 2 is 2.36 bits per heavy atom. The van der Waals surface area contributed by atoms with Crippen LogP contribution in [0, 0.1) is 0 Å². The van der Waals surface area contributed by atoms with E-state index in [-0.39, 0.29) is 6.61 Å². The van der Waals surface area contributed by atoms with Crippen LogP contribution < -0.4 is 5.43 Å². The van der Waals surface area contributed by atoms with E-state index in [0.717, 1.165) is 0 Å². The second kappa shape index (κ2) is 2.48. The number of ether oxygens (including phenoxy) is 1. The molecular weight excluding hydrogens is 152 g/mol. The molecule has 1 heterocycles. The molecule has 0 radical (unpaired) electrons. The van der Waals surface area contributed by atoms with E-state index in [9.17, 15) is 4.79 Å². The maximum absolute atomic E-state index is 10.6. The minimum Gasteiger partial charge on any atom is -0.476 e. The van der Waals surface area contributed by atoms with Gasteiger partial charge in [0.15, 0.2) is 0 Å². The lowest BCUT2D eigenvalue weighted by Gasteiger charge is -2.12. The summed E-state index contributed by atoms with van der Waals surface area (Å²) in [5, 5.41) is 21.1. The van der Waals surface area contributed by atoms with Gasteiger partial charge in [0.2, 0.25) is 0 Å². The lowest BCUT2D eigenvalue weighted by atomic mass is 10.3. The topological polar surface area (TPSA) is 91.2 Å². The number of nitrogens with zero attached hydrogens (tertiary/aromatic N) is 1. The fourth-order valence-electron chi connectivity index (χ4n) is 0.624. The van der Waals surface area contributed by atoms with Crippen molar-refractivity contribution in [1.82, 2.24) is 5.43 Å². The zero-order valence-electron chi connectivity index (χ0n) is 5.87. The molecule has 0 atom stereocenters. The Morgan fingerprint density at radius 1 is 1.73 bits per heavy atom. The van der Waals surface area contributed by atoms with Gasteiger partial charge in [-0.3, -0.25) is 4.79 Å². The number of nitrogens with one attached hydrogen (secondary N) is 1. The maximum atomic E-state index is 10.6. The second-order valence-corrected chi connectivity index (χ2v) is 1.96. The van der Waals surface area contributed by atoms with E-state index in [1.807, 2.05) is 5.43 Å². The zero-order valence-corrected chi connectivity index (χ0v) is 5.87. The molecule has 0 unspecified atom stereocenters. The molecule has 1 rings (SSSR count). The second-order valence-electron chi connectivity index (χ2n) is 1.96. The third-order valence-corrected chi connectivity index (χ3v) is 1.15. The van der Waals surface area contributed by atoms with Gasteiger partial charge in [0.25, 0.3) is 5.90 Å². The molecule has 62 valence electrons. The van der Waals surface area contributed by atoms with Crippen LogP contribution in [0.2, 0.25) is 0 Å². The number of amides is 1. The predicted octanol–water partition coefficient (Wildman–Crippen LogP) is -1.85. The molecule has 0 saturated carbocycles. The molecule has 0 aromatic carbocycles. The fraction of sp³-hybridized carbons (Fsp3) is 0.600. The van der Waals surface area contributed by atoms with Gasteiger partial charge in [-0.2, -0.15) is 0 Å². The van der Waals surface area contributed by atoms with E-state index < -0.39 is 17.6 Å². The van der Waals surface area contributed by atoms with Crippen LogP contribution >= 0.6 is 0 Å².